The lowest BCUT2D eigenvalue weighted by atomic mass is 10.0. The van der Waals surface area contributed by atoms with Crippen molar-refractivity contribution < 1.29 is 4.74 Å². The third-order valence-corrected chi connectivity index (χ3v) is 4.76. The molecule has 3 aliphatic heterocycles. The highest BCUT2D eigenvalue weighted by atomic mass is 35.5. The summed E-state index contributed by atoms with van der Waals surface area (Å²) in [6.45, 7) is 3.83. The van der Waals surface area contributed by atoms with Gasteiger partial charge in [0.25, 0.3) is 0 Å². The molecule has 0 spiro atoms. The predicted molar refractivity (Wildman–Crippen MR) is 86.7 cm³/mol. The standard InChI is InChI=1S/C15H18ClN5O/c1-20-5-7-21(8-6-20)14-13-12(18-15(17)19-14)11-9(16)3-2-4-10(11)22-13/h2-4,12-13H,5-8H2,1H3,(H2,17,18). The number of aliphatic imine (C=N–C) groups is 2. The van der Waals surface area contributed by atoms with Crippen molar-refractivity contribution in [2.45, 2.75) is 12.1 Å². The van der Waals surface area contributed by atoms with Gasteiger partial charge in [-0.1, -0.05) is 17.7 Å². The molecule has 0 aromatic heterocycles. The number of nitrogens with zero attached hydrogens (tertiary/aromatic N) is 4. The number of ether oxygens (including phenoxy) is 1. The summed E-state index contributed by atoms with van der Waals surface area (Å²) in [5.41, 5.74) is 6.86. The molecule has 2 atom stereocenters. The van der Waals surface area contributed by atoms with E-state index in [2.05, 4.69) is 26.8 Å². The van der Waals surface area contributed by atoms with Gasteiger partial charge in [-0.05, 0) is 19.2 Å². The topological polar surface area (TPSA) is 66.5 Å². The zero-order chi connectivity index (χ0) is 15.3. The van der Waals surface area contributed by atoms with Crippen molar-refractivity contribution in [2.24, 2.45) is 15.7 Å². The molecule has 3 heterocycles. The van der Waals surface area contributed by atoms with Crippen LogP contribution in [0.1, 0.15) is 11.6 Å². The van der Waals surface area contributed by atoms with E-state index < -0.39 is 0 Å². The van der Waals surface area contributed by atoms with Gasteiger partial charge >= 0.3 is 0 Å². The molecule has 116 valence electrons. The maximum Gasteiger partial charge on any atom is 0.217 e. The fourth-order valence-electron chi connectivity index (χ4n) is 3.22. The first-order chi connectivity index (χ1) is 10.6. The number of fused-ring (bicyclic) bond motifs is 3. The van der Waals surface area contributed by atoms with Gasteiger partial charge in [0.15, 0.2) is 11.9 Å². The zero-order valence-corrected chi connectivity index (χ0v) is 13.1. The number of nitrogens with two attached hydrogens (primary N) is 1. The van der Waals surface area contributed by atoms with E-state index in [1.165, 1.54) is 0 Å². The molecule has 6 nitrogen and oxygen atoms in total. The molecule has 4 rings (SSSR count). The molecular formula is C15H18ClN5O. The van der Waals surface area contributed by atoms with Gasteiger partial charge in [0.1, 0.15) is 11.8 Å². The van der Waals surface area contributed by atoms with Gasteiger partial charge in [-0.2, -0.15) is 4.99 Å². The highest BCUT2D eigenvalue weighted by Crippen LogP contribution is 2.45. The second-order valence-electron chi connectivity index (χ2n) is 5.88. The Hall–Kier alpha value is -1.79. The van der Waals surface area contributed by atoms with Gasteiger partial charge in [-0.3, -0.25) is 0 Å². The maximum absolute atomic E-state index is 6.34. The maximum atomic E-state index is 6.34. The number of amidine groups is 1. The highest BCUT2D eigenvalue weighted by molar-refractivity contribution is 6.31. The second kappa shape index (κ2) is 5.14. The molecule has 7 heteroatoms. The van der Waals surface area contributed by atoms with Gasteiger partial charge in [0, 0.05) is 36.8 Å². The summed E-state index contributed by atoms with van der Waals surface area (Å²) < 4.78 is 6.10. The van der Waals surface area contributed by atoms with Crippen molar-refractivity contribution >= 4 is 23.4 Å². The van der Waals surface area contributed by atoms with Crippen molar-refractivity contribution in [1.29, 1.82) is 0 Å². The van der Waals surface area contributed by atoms with Crippen LogP contribution < -0.4 is 10.5 Å². The minimum absolute atomic E-state index is 0.198. The second-order valence-corrected chi connectivity index (χ2v) is 6.29. The highest BCUT2D eigenvalue weighted by Gasteiger charge is 2.43. The summed E-state index contributed by atoms with van der Waals surface area (Å²) in [6.07, 6.45) is -0.231. The fraction of sp³-hybridized carbons (Fsp3) is 0.467. The number of rotatable bonds is 0. The van der Waals surface area contributed by atoms with Crippen LogP contribution in [0.5, 0.6) is 5.75 Å². The molecule has 1 saturated heterocycles. The molecule has 0 aliphatic carbocycles. The molecule has 2 unspecified atom stereocenters. The molecule has 0 saturated carbocycles. The molecule has 2 N–H and O–H groups in total. The van der Waals surface area contributed by atoms with Gasteiger partial charge in [0.05, 0.1) is 0 Å². The van der Waals surface area contributed by atoms with E-state index in [1.54, 1.807) is 0 Å². The van der Waals surface area contributed by atoms with Crippen molar-refractivity contribution in [1.82, 2.24) is 9.80 Å². The predicted octanol–water partition coefficient (Wildman–Crippen LogP) is 1.12. The first kappa shape index (κ1) is 13.8. The molecule has 0 radical (unpaired) electrons. The summed E-state index contributed by atoms with van der Waals surface area (Å²) in [4.78, 5) is 13.5. The lowest BCUT2D eigenvalue weighted by Gasteiger charge is -2.37. The number of piperazine rings is 1. The Balaban J connectivity index is 1.69. The molecule has 22 heavy (non-hydrogen) atoms. The Bertz CT molecular complexity index is 666. The molecule has 0 bridgehead atoms. The van der Waals surface area contributed by atoms with E-state index in [9.17, 15) is 0 Å². The van der Waals surface area contributed by atoms with Crippen molar-refractivity contribution in [3.05, 3.63) is 28.8 Å². The molecule has 1 fully saturated rings. The van der Waals surface area contributed by atoms with Crippen LogP contribution >= 0.6 is 11.6 Å². The van der Waals surface area contributed by atoms with Crippen molar-refractivity contribution in [2.75, 3.05) is 33.2 Å². The van der Waals surface area contributed by atoms with Gasteiger partial charge in [-0.25, -0.2) is 4.99 Å². The zero-order valence-electron chi connectivity index (χ0n) is 12.4. The summed E-state index contributed by atoms with van der Waals surface area (Å²) in [6, 6.07) is 5.47. The Morgan fingerprint density at radius 3 is 2.82 bits per heavy atom. The van der Waals surface area contributed by atoms with Crippen LogP contribution in [-0.2, 0) is 0 Å². The molecule has 1 aromatic rings. The summed E-state index contributed by atoms with van der Waals surface area (Å²) >= 11 is 6.34. The number of likely N-dealkylation sites (N-methyl/N-ethyl adjacent to an activating group) is 1. The third kappa shape index (κ3) is 2.14. The molecule has 3 aliphatic rings. The van der Waals surface area contributed by atoms with E-state index >= 15 is 0 Å². The SMILES string of the molecule is CN1CCN(C2=NC(N)=NC3c4c(Cl)cccc4OC23)CC1. The van der Waals surface area contributed by atoms with Crippen LogP contribution in [0.4, 0.5) is 0 Å². The first-order valence-corrected chi connectivity index (χ1v) is 7.81. The van der Waals surface area contributed by atoms with Crippen LogP contribution in [-0.4, -0.2) is 60.9 Å². The number of hydrogen-bond acceptors (Lipinski definition) is 6. The van der Waals surface area contributed by atoms with Gasteiger partial charge in [0.2, 0.25) is 5.96 Å². The monoisotopic (exact) mass is 319 g/mol. The third-order valence-electron chi connectivity index (χ3n) is 4.43. The Labute approximate surface area is 134 Å². The smallest absolute Gasteiger partial charge is 0.217 e. The fourth-order valence-corrected chi connectivity index (χ4v) is 3.50. The molecular weight excluding hydrogens is 302 g/mol. The normalized spacial score (nSPS) is 27.6. The summed E-state index contributed by atoms with van der Waals surface area (Å²) in [7, 11) is 2.13. The Morgan fingerprint density at radius 2 is 2.05 bits per heavy atom. The first-order valence-electron chi connectivity index (χ1n) is 7.44. The van der Waals surface area contributed by atoms with E-state index in [0.717, 1.165) is 43.3 Å². The van der Waals surface area contributed by atoms with E-state index in [4.69, 9.17) is 22.1 Å². The van der Waals surface area contributed by atoms with E-state index in [0.29, 0.717) is 11.0 Å². The van der Waals surface area contributed by atoms with Crippen LogP contribution in [0.15, 0.2) is 28.2 Å². The molecule has 1 aromatic carbocycles. The average molecular weight is 320 g/mol. The van der Waals surface area contributed by atoms with Crippen molar-refractivity contribution in [3.8, 4) is 5.75 Å². The minimum Gasteiger partial charge on any atom is -0.479 e. The number of hydrogen-bond donors (Lipinski definition) is 1. The van der Waals surface area contributed by atoms with E-state index in [-0.39, 0.29) is 12.1 Å². The molecule has 0 amide bonds. The van der Waals surface area contributed by atoms with Crippen LogP contribution in [0.3, 0.4) is 0 Å². The van der Waals surface area contributed by atoms with Gasteiger partial charge in [-0.15, -0.1) is 0 Å². The van der Waals surface area contributed by atoms with Crippen LogP contribution in [0, 0.1) is 0 Å². The van der Waals surface area contributed by atoms with Crippen LogP contribution in [0.2, 0.25) is 5.02 Å². The average Bonchev–Trinajstić information content (AvgIpc) is 2.87. The van der Waals surface area contributed by atoms with Crippen LogP contribution in [0.25, 0.3) is 0 Å². The lowest BCUT2D eigenvalue weighted by molar-refractivity contribution is 0.189. The largest absolute Gasteiger partial charge is 0.479 e. The minimum atomic E-state index is -0.231. The van der Waals surface area contributed by atoms with E-state index in [1.807, 2.05) is 18.2 Å². The number of guanidine groups is 1. The van der Waals surface area contributed by atoms with Gasteiger partial charge < -0.3 is 20.3 Å². The summed E-state index contributed by atoms with van der Waals surface area (Å²) in [5.74, 6) is 1.95. The number of halogens is 1. The quantitative estimate of drug-likeness (QED) is 0.778. The Morgan fingerprint density at radius 1 is 1.27 bits per heavy atom. The summed E-state index contributed by atoms with van der Waals surface area (Å²) in [5, 5.41) is 0.668. The Kier molecular flexibility index (Phi) is 3.23. The number of benzene rings is 1. The lowest BCUT2D eigenvalue weighted by Crippen LogP contribution is -2.53. The van der Waals surface area contributed by atoms with Crippen molar-refractivity contribution in [3.63, 3.8) is 0 Å².